The number of halogens is 1. The van der Waals surface area contributed by atoms with Crippen LogP contribution in [0.5, 0.6) is 0 Å². The zero-order valence-corrected chi connectivity index (χ0v) is 16.1. The molecule has 3 rings (SSSR count). The highest BCUT2D eigenvalue weighted by Gasteiger charge is 2.28. The fourth-order valence-electron chi connectivity index (χ4n) is 3.72. The molecule has 2 fully saturated rings. The highest BCUT2D eigenvalue weighted by Crippen LogP contribution is 2.24. The van der Waals surface area contributed by atoms with E-state index in [0.717, 1.165) is 47.9 Å². The van der Waals surface area contributed by atoms with Gasteiger partial charge in [-0.2, -0.15) is 0 Å². The first kappa shape index (κ1) is 17.7. The Morgan fingerprint density at radius 3 is 2.33 bits per heavy atom. The molecular formula is C19H25IN2O2. The molecule has 0 aromatic heterocycles. The zero-order valence-electron chi connectivity index (χ0n) is 14.0. The van der Waals surface area contributed by atoms with E-state index in [1.54, 1.807) is 0 Å². The van der Waals surface area contributed by atoms with Gasteiger partial charge in [0.2, 0.25) is 5.91 Å². The predicted molar refractivity (Wildman–Crippen MR) is 103 cm³/mol. The lowest BCUT2D eigenvalue weighted by Gasteiger charge is -2.33. The number of piperidine rings is 1. The van der Waals surface area contributed by atoms with Gasteiger partial charge in [0.05, 0.1) is 5.56 Å². The fourth-order valence-corrected chi connectivity index (χ4v) is 4.33. The second-order valence-electron chi connectivity index (χ2n) is 6.89. The number of carbonyl (C=O) groups is 2. The Bertz CT molecular complexity index is 591. The van der Waals surface area contributed by atoms with Crippen molar-refractivity contribution in [2.75, 3.05) is 13.1 Å². The predicted octanol–water partition coefficient (Wildman–Crippen LogP) is 3.59. The SMILES string of the molecule is O=C(NC1CCN(C(=O)c2ccccc2I)CC1)C1CCCCC1. The van der Waals surface area contributed by atoms with Crippen LogP contribution in [0, 0.1) is 9.49 Å². The average Bonchev–Trinajstić information content (AvgIpc) is 2.63. The van der Waals surface area contributed by atoms with Crippen molar-refractivity contribution >= 4 is 34.4 Å². The Kier molecular flexibility index (Phi) is 6.14. The molecule has 1 saturated carbocycles. The number of hydrogen-bond donors (Lipinski definition) is 1. The molecule has 1 aliphatic carbocycles. The van der Waals surface area contributed by atoms with E-state index >= 15 is 0 Å². The minimum atomic E-state index is 0.108. The van der Waals surface area contributed by atoms with Crippen molar-refractivity contribution in [3.8, 4) is 0 Å². The van der Waals surface area contributed by atoms with E-state index in [0.29, 0.717) is 0 Å². The van der Waals surface area contributed by atoms with Crippen LogP contribution in [0.1, 0.15) is 55.3 Å². The largest absolute Gasteiger partial charge is 0.353 e. The first-order valence-corrected chi connectivity index (χ1v) is 10.1. The molecule has 0 atom stereocenters. The number of nitrogens with zero attached hydrogens (tertiary/aromatic N) is 1. The third kappa shape index (κ3) is 4.29. The van der Waals surface area contributed by atoms with Crippen molar-refractivity contribution in [2.24, 2.45) is 5.92 Å². The molecule has 0 spiro atoms. The van der Waals surface area contributed by atoms with Crippen LogP contribution in [0.4, 0.5) is 0 Å². The maximum atomic E-state index is 12.6. The Hall–Kier alpha value is -1.11. The summed E-state index contributed by atoms with van der Waals surface area (Å²) in [5.41, 5.74) is 0.780. The van der Waals surface area contributed by atoms with Gasteiger partial charge in [0.15, 0.2) is 0 Å². The number of hydrogen-bond acceptors (Lipinski definition) is 2. The molecule has 1 N–H and O–H groups in total. The van der Waals surface area contributed by atoms with E-state index in [2.05, 4.69) is 27.9 Å². The van der Waals surface area contributed by atoms with Crippen molar-refractivity contribution in [1.29, 1.82) is 0 Å². The molecule has 2 amide bonds. The molecule has 4 nitrogen and oxygen atoms in total. The van der Waals surface area contributed by atoms with Gasteiger partial charge in [-0.1, -0.05) is 31.4 Å². The zero-order chi connectivity index (χ0) is 16.9. The number of nitrogens with one attached hydrogen (secondary N) is 1. The summed E-state index contributed by atoms with van der Waals surface area (Å²) < 4.78 is 0.993. The second-order valence-corrected chi connectivity index (χ2v) is 8.05. The monoisotopic (exact) mass is 440 g/mol. The van der Waals surface area contributed by atoms with Gasteiger partial charge < -0.3 is 10.2 Å². The van der Waals surface area contributed by atoms with Crippen molar-refractivity contribution < 1.29 is 9.59 Å². The molecule has 1 aliphatic heterocycles. The lowest BCUT2D eigenvalue weighted by molar-refractivity contribution is -0.126. The third-order valence-electron chi connectivity index (χ3n) is 5.21. The fraction of sp³-hybridized carbons (Fsp3) is 0.579. The minimum Gasteiger partial charge on any atom is -0.353 e. The molecule has 1 aromatic rings. The number of rotatable bonds is 3. The second kappa shape index (κ2) is 8.32. The molecule has 0 unspecified atom stereocenters. The topological polar surface area (TPSA) is 49.4 Å². The molecule has 130 valence electrons. The highest BCUT2D eigenvalue weighted by atomic mass is 127. The van der Waals surface area contributed by atoms with Gasteiger partial charge in [0.1, 0.15) is 0 Å². The molecule has 0 radical (unpaired) electrons. The smallest absolute Gasteiger partial charge is 0.254 e. The van der Waals surface area contributed by atoms with Gasteiger partial charge in [-0.25, -0.2) is 0 Å². The van der Waals surface area contributed by atoms with E-state index in [-0.39, 0.29) is 23.8 Å². The van der Waals surface area contributed by atoms with E-state index in [1.165, 1.54) is 19.3 Å². The Labute approximate surface area is 157 Å². The van der Waals surface area contributed by atoms with Crippen LogP contribution in [-0.2, 0) is 4.79 Å². The van der Waals surface area contributed by atoms with Gasteiger partial charge in [0, 0.05) is 28.6 Å². The molecular weight excluding hydrogens is 415 g/mol. The Morgan fingerprint density at radius 1 is 1.00 bits per heavy atom. The van der Waals surface area contributed by atoms with Crippen LogP contribution < -0.4 is 5.32 Å². The minimum absolute atomic E-state index is 0.108. The lowest BCUT2D eigenvalue weighted by atomic mass is 9.88. The van der Waals surface area contributed by atoms with Crippen LogP contribution in [-0.4, -0.2) is 35.8 Å². The molecule has 1 saturated heterocycles. The van der Waals surface area contributed by atoms with Crippen molar-refractivity contribution in [3.63, 3.8) is 0 Å². The summed E-state index contributed by atoms with van der Waals surface area (Å²) in [4.78, 5) is 26.9. The van der Waals surface area contributed by atoms with E-state index in [1.807, 2.05) is 29.2 Å². The molecule has 5 heteroatoms. The van der Waals surface area contributed by atoms with E-state index in [9.17, 15) is 9.59 Å². The first-order chi connectivity index (χ1) is 11.6. The molecule has 1 aromatic carbocycles. The van der Waals surface area contributed by atoms with E-state index in [4.69, 9.17) is 0 Å². The summed E-state index contributed by atoms with van der Waals surface area (Å²) >= 11 is 2.21. The Balaban J connectivity index is 1.49. The summed E-state index contributed by atoms with van der Waals surface area (Å²) in [6.07, 6.45) is 7.41. The number of benzene rings is 1. The number of likely N-dealkylation sites (tertiary alicyclic amines) is 1. The highest BCUT2D eigenvalue weighted by molar-refractivity contribution is 14.1. The molecule has 24 heavy (non-hydrogen) atoms. The maximum Gasteiger partial charge on any atom is 0.254 e. The van der Waals surface area contributed by atoms with E-state index < -0.39 is 0 Å². The van der Waals surface area contributed by atoms with Gasteiger partial charge in [-0.15, -0.1) is 0 Å². The van der Waals surface area contributed by atoms with Crippen molar-refractivity contribution in [1.82, 2.24) is 10.2 Å². The number of amides is 2. The average molecular weight is 440 g/mol. The Morgan fingerprint density at radius 2 is 1.67 bits per heavy atom. The summed E-state index contributed by atoms with van der Waals surface area (Å²) in [6.45, 7) is 1.44. The van der Waals surface area contributed by atoms with Crippen LogP contribution in [0.15, 0.2) is 24.3 Å². The quantitative estimate of drug-likeness (QED) is 0.731. The third-order valence-corrected chi connectivity index (χ3v) is 6.15. The van der Waals surface area contributed by atoms with Gasteiger partial charge in [-0.3, -0.25) is 9.59 Å². The van der Waals surface area contributed by atoms with Crippen LogP contribution in [0.25, 0.3) is 0 Å². The normalized spacial score (nSPS) is 20.0. The summed E-state index contributed by atoms with van der Waals surface area (Å²) in [5, 5.41) is 3.22. The van der Waals surface area contributed by atoms with Crippen molar-refractivity contribution in [3.05, 3.63) is 33.4 Å². The molecule has 2 aliphatic rings. The van der Waals surface area contributed by atoms with Gasteiger partial charge in [-0.05, 0) is 60.4 Å². The standard InChI is InChI=1S/C19H25IN2O2/c20-17-9-5-4-8-16(17)19(24)22-12-10-15(11-13-22)21-18(23)14-6-2-1-3-7-14/h4-5,8-9,14-15H,1-3,6-7,10-13H2,(H,21,23). The van der Waals surface area contributed by atoms with Gasteiger partial charge >= 0.3 is 0 Å². The van der Waals surface area contributed by atoms with Crippen LogP contribution in [0.3, 0.4) is 0 Å². The first-order valence-electron chi connectivity index (χ1n) is 8.99. The summed E-state index contributed by atoms with van der Waals surface area (Å²) in [5.74, 6) is 0.554. The van der Waals surface area contributed by atoms with Crippen molar-refractivity contribution in [2.45, 2.75) is 51.0 Å². The summed E-state index contributed by atoms with van der Waals surface area (Å²) in [7, 11) is 0. The maximum absolute atomic E-state index is 12.6. The molecule has 1 heterocycles. The van der Waals surface area contributed by atoms with Gasteiger partial charge in [0.25, 0.3) is 5.91 Å². The van der Waals surface area contributed by atoms with Crippen LogP contribution in [0.2, 0.25) is 0 Å². The number of carbonyl (C=O) groups excluding carboxylic acids is 2. The summed E-state index contributed by atoms with van der Waals surface area (Å²) in [6, 6.07) is 7.93. The van der Waals surface area contributed by atoms with Crippen LogP contribution >= 0.6 is 22.6 Å². The molecule has 0 bridgehead atoms. The lowest BCUT2D eigenvalue weighted by Crippen LogP contribution is -2.48.